The van der Waals surface area contributed by atoms with Crippen molar-refractivity contribution in [1.29, 1.82) is 0 Å². The van der Waals surface area contributed by atoms with Gasteiger partial charge in [-0.25, -0.2) is 14.8 Å². The second kappa shape index (κ2) is 8.93. The molecule has 0 aliphatic rings. The monoisotopic (exact) mass is 405 g/mol. The molecular formula is C17H15N3O3S3. The molecule has 0 unspecified atom stereocenters. The molecule has 3 rings (SSSR count). The van der Waals surface area contributed by atoms with Crippen molar-refractivity contribution >= 4 is 51.3 Å². The Balaban J connectivity index is 1.76. The maximum atomic E-state index is 12.4. The van der Waals surface area contributed by atoms with Crippen LogP contribution in [0.2, 0.25) is 0 Å². The smallest absolute Gasteiger partial charge is 0.341 e. The van der Waals surface area contributed by atoms with E-state index >= 15 is 0 Å². The van der Waals surface area contributed by atoms with Gasteiger partial charge in [-0.15, -0.1) is 22.7 Å². The molecule has 0 radical (unpaired) electrons. The molecule has 3 aromatic rings. The predicted molar refractivity (Wildman–Crippen MR) is 105 cm³/mol. The van der Waals surface area contributed by atoms with Crippen LogP contribution >= 0.6 is 34.4 Å². The number of thioether (sulfide) groups is 1. The van der Waals surface area contributed by atoms with Gasteiger partial charge in [-0.05, 0) is 24.4 Å². The molecule has 0 fully saturated rings. The number of nitrogens with zero attached hydrogens (tertiary/aromatic N) is 2. The molecule has 0 atom stereocenters. The highest BCUT2D eigenvalue weighted by atomic mass is 32.2. The van der Waals surface area contributed by atoms with Crippen LogP contribution in [0.4, 0.5) is 5.00 Å². The molecule has 3 heterocycles. The van der Waals surface area contributed by atoms with Crippen molar-refractivity contribution < 1.29 is 14.3 Å². The minimum atomic E-state index is -0.438. The van der Waals surface area contributed by atoms with Crippen molar-refractivity contribution in [2.24, 2.45) is 0 Å². The van der Waals surface area contributed by atoms with Crippen molar-refractivity contribution in [1.82, 2.24) is 9.97 Å². The summed E-state index contributed by atoms with van der Waals surface area (Å²) >= 11 is 4.08. The van der Waals surface area contributed by atoms with Crippen LogP contribution in [0.15, 0.2) is 46.5 Å². The largest absolute Gasteiger partial charge is 0.462 e. The lowest BCUT2D eigenvalue weighted by Crippen LogP contribution is -2.16. The van der Waals surface area contributed by atoms with Crippen LogP contribution in [0.1, 0.15) is 17.3 Å². The van der Waals surface area contributed by atoms with E-state index in [1.807, 2.05) is 22.9 Å². The first-order valence-electron chi connectivity index (χ1n) is 7.71. The van der Waals surface area contributed by atoms with E-state index in [4.69, 9.17) is 4.74 Å². The van der Waals surface area contributed by atoms with Crippen LogP contribution in [-0.4, -0.2) is 34.2 Å². The Bertz CT molecular complexity index is 879. The van der Waals surface area contributed by atoms with E-state index in [0.717, 1.165) is 10.4 Å². The number of esters is 1. The van der Waals surface area contributed by atoms with Gasteiger partial charge in [0.2, 0.25) is 5.91 Å². The molecular weight excluding hydrogens is 390 g/mol. The van der Waals surface area contributed by atoms with Crippen LogP contribution in [0.3, 0.4) is 0 Å². The molecule has 0 bridgehead atoms. The zero-order chi connectivity index (χ0) is 18.4. The molecule has 0 saturated carbocycles. The quantitative estimate of drug-likeness (QED) is 0.361. The molecule has 0 saturated heterocycles. The van der Waals surface area contributed by atoms with Gasteiger partial charge >= 0.3 is 5.97 Å². The number of carbonyl (C=O) groups is 2. The van der Waals surface area contributed by atoms with Gasteiger partial charge in [-0.1, -0.05) is 17.8 Å². The van der Waals surface area contributed by atoms with Crippen LogP contribution < -0.4 is 5.32 Å². The highest BCUT2D eigenvalue weighted by Crippen LogP contribution is 2.38. The van der Waals surface area contributed by atoms with Gasteiger partial charge in [-0.2, -0.15) is 0 Å². The summed E-state index contributed by atoms with van der Waals surface area (Å²) in [7, 11) is 0. The van der Waals surface area contributed by atoms with Gasteiger partial charge in [0.1, 0.15) is 10.6 Å². The lowest BCUT2D eigenvalue weighted by Gasteiger charge is -2.07. The predicted octanol–water partition coefficient (Wildman–Crippen LogP) is 4.17. The lowest BCUT2D eigenvalue weighted by molar-refractivity contribution is -0.113. The van der Waals surface area contributed by atoms with E-state index in [2.05, 4.69) is 15.3 Å². The van der Waals surface area contributed by atoms with E-state index in [1.54, 1.807) is 25.4 Å². The zero-order valence-corrected chi connectivity index (χ0v) is 16.2. The molecule has 3 aromatic heterocycles. The fourth-order valence-corrected chi connectivity index (χ4v) is 4.51. The van der Waals surface area contributed by atoms with Crippen LogP contribution in [0.25, 0.3) is 10.4 Å². The maximum Gasteiger partial charge on any atom is 0.341 e. The van der Waals surface area contributed by atoms with Crippen LogP contribution in [0.5, 0.6) is 0 Å². The summed E-state index contributed by atoms with van der Waals surface area (Å²) in [6.45, 7) is 2.02. The first kappa shape index (κ1) is 18.6. The van der Waals surface area contributed by atoms with Crippen molar-refractivity contribution in [2.45, 2.75) is 12.1 Å². The molecule has 0 aliphatic heterocycles. The highest BCUT2D eigenvalue weighted by Gasteiger charge is 2.23. The standard InChI is InChI=1S/C17H15N3O3S3/c1-2-23-16(22)14-11(12-5-3-8-24-12)9-25-15(14)20-13(21)10-26-17-18-6-4-7-19-17/h3-9H,2,10H2,1H3,(H,20,21). The Morgan fingerprint density at radius 2 is 2.04 bits per heavy atom. The van der Waals surface area contributed by atoms with Gasteiger partial charge < -0.3 is 10.1 Å². The van der Waals surface area contributed by atoms with E-state index in [0.29, 0.717) is 15.7 Å². The topological polar surface area (TPSA) is 81.2 Å². The van der Waals surface area contributed by atoms with Gasteiger partial charge in [0.05, 0.1) is 12.4 Å². The Labute approximate surface area is 162 Å². The second-order valence-electron chi connectivity index (χ2n) is 4.92. The average molecular weight is 406 g/mol. The van der Waals surface area contributed by atoms with Gasteiger partial charge in [0, 0.05) is 28.2 Å². The first-order chi connectivity index (χ1) is 12.7. The van der Waals surface area contributed by atoms with E-state index in [1.165, 1.54) is 34.4 Å². The van der Waals surface area contributed by atoms with Crippen molar-refractivity contribution in [3.05, 3.63) is 46.9 Å². The first-order valence-corrected chi connectivity index (χ1v) is 10.5. The molecule has 1 amide bonds. The fourth-order valence-electron chi connectivity index (χ4n) is 2.12. The fraction of sp³-hybridized carbons (Fsp3) is 0.176. The number of hydrogen-bond acceptors (Lipinski definition) is 8. The van der Waals surface area contributed by atoms with E-state index in [9.17, 15) is 9.59 Å². The van der Waals surface area contributed by atoms with Gasteiger partial charge in [-0.3, -0.25) is 4.79 Å². The van der Waals surface area contributed by atoms with E-state index < -0.39 is 5.97 Å². The minimum absolute atomic E-state index is 0.151. The van der Waals surface area contributed by atoms with E-state index in [-0.39, 0.29) is 18.3 Å². The average Bonchev–Trinajstić information content (AvgIpc) is 3.30. The SMILES string of the molecule is CCOC(=O)c1c(-c2cccs2)csc1NC(=O)CSc1ncccn1. The number of rotatable bonds is 7. The molecule has 9 heteroatoms. The third-order valence-electron chi connectivity index (χ3n) is 3.18. The van der Waals surface area contributed by atoms with Crippen LogP contribution in [-0.2, 0) is 9.53 Å². The number of carbonyl (C=O) groups excluding carboxylic acids is 2. The number of ether oxygens (including phenoxy) is 1. The molecule has 134 valence electrons. The summed E-state index contributed by atoms with van der Waals surface area (Å²) < 4.78 is 5.17. The number of aromatic nitrogens is 2. The molecule has 6 nitrogen and oxygen atoms in total. The molecule has 26 heavy (non-hydrogen) atoms. The summed E-state index contributed by atoms with van der Waals surface area (Å²) in [5.41, 5.74) is 1.17. The summed E-state index contributed by atoms with van der Waals surface area (Å²) in [6.07, 6.45) is 3.25. The van der Waals surface area contributed by atoms with Gasteiger partial charge in [0.15, 0.2) is 5.16 Å². The Hall–Kier alpha value is -2.23. The normalized spacial score (nSPS) is 10.5. The minimum Gasteiger partial charge on any atom is -0.462 e. The Morgan fingerprint density at radius 1 is 1.23 bits per heavy atom. The molecule has 1 N–H and O–H groups in total. The summed E-state index contributed by atoms with van der Waals surface area (Å²) in [5.74, 6) is -0.516. The number of nitrogens with one attached hydrogen (secondary N) is 1. The highest BCUT2D eigenvalue weighted by molar-refractivity contribution is 7.99. The molecule has 0 aromatic carbocycles. The number of thiophene rings is 2. The maximum absolute atomic E-state index is 12.4. The molecule has 0 spiro atoms. The Morgan fingerprint density at radius 3 is 2.73 bits per heavy atom. The van der Waals surface area contributed by atoms with Crippen molar-refractivity contribution in [3.63, 3.8) is 0 Å². The van der Waals surface area contributed by atoms with Crippen LogP contribution in [0, 0.1) is 0 Å². The summed E-state index contributed by atoms with van der Waals surface area (Å²) in [5, 5.41) is 7.63. The summed E-state index contributed by atoms with van der Waals surface area (Å²) in [6, 6.07) is 5.57. The van der Waals surface area contributed by atoms with Gasteiger partial charge in [0.25, 0.3) is 0 Å². The number of amides is 1. The zero-order valence-electron chi connectivity index (χ0n) is 13.8. The Kier molecular flexibility index (Phi) is 6.37. The number of hydrogen-bond donors (Lipinski definition) is 1. The lowest BCUT2D eigenvalue weighted by atomic mass is 10.1. The summed E-state index contributed by atoms with van der Waals surface area (Å²) in [4.78, 5) is 33.8. The third kappa shape index (κ3) is 4.48. The number of anilines is 1. The molecule has 0 aliphatic carbocycles. The second-order valence-corrected chi connectivity index (χ2v) is 7.69. The third-order valence-corrected chi connectivity index (χ3v) is 5.86. The van der Waals surface area contributed by atoms with Crippen molar-refractivity contribution in [3.8, 4) is 10.4 Å². The van der Waals surface area contributed by atoms with Crippen molar-refractivity contribution in [2.75, 3.05) is 17.7 Å².